The summed E-state index contributed by atoms with van der Waals surface area (Å²) >= 11 is 3.09. The highest BCUT2D eigenvalue weighted by molar-refractivity contribution is 8.00. The number of ether oxygens (including phenoxy) is 1. The van der Waals surface area contributed by atoms with Gasteiger partial charge in [0.25, 0.3) is 5.56 Å². The maximum Gasteiger partial charge on any atom is 0.263 e. The van der Waals surface area contributed by atoms with E-state index in [1.165, 1.54) is 41.5 Å². The zero-order valence-electron chi connectivity index (χ0n) is 19.7. The minimum Gasteiger partial charge on any atom is -0.376 e. The number of carbonyl (C=O) groups is 1. The molecule has 3 aliphatic rings. The highest BCUT2D eigenvalue weighted by atomic mass is 32.2. The van der Waals surface area contributed by atoms with Gasteiger partial charge in [0.1, 0.15) is 4.83 Å². The molecule has 1 amide bonds. The molecule has 2 aromatic heterocycles. The van der Waals surface area contributed by atoms with E-state index < -0.39 is 0 Å². The third kappa shape index (κ3) is 5.03. The minimum absolute atomic E-state index is 0.0437. The SMILES string of the molecule is CC1CCc2c(sc3nc(SC(C)C(=O)NC4CCCCC4)n(CC4CCCO4)c(=O)c23)C1. The summed E-state index contributed by atoms with van der Waals surface area (Å²) in [6, 6.07) is 0.282. The van der Waals surface area contributed by atoms with Gasteiger partial charge >= 0.3 is 0 Å². The first-order valence-electron chi connectivity index (χ1n) is 12.6. The molecule has 8 heteroatoms. The third-order valence-electron chi connectivity index (χ3n) is 7.39. The molecule has 6 nitrogen and oxygen atoms in total. The Labute approximate surface area is 203 Å². The van der Waals surface area contributed by atoms with Crippen molar-refractivity contribution in [2.24, 2.45) is 5.92 Å². The van der Waals surface area contributed by atoms with Crippen LogP contribution >= 0.6 is 23.1 Å². The number of nitrogens with zero attached hydrogens (tertiary/aromatic N) is 2. The fourth-order valence-electron chi connectivity index (χ4n) is 5.42. The molecule has 1 N–H and O–H groups in total. The number of aromatic nitrogens is 2. The second-order valence-electron chi connectivity index (χ2n) is 10.1. The zero-order valence-corrected chi connectivity index (χ0v) is 21.4. The second kappa shape index (κ2) is 10.1. The zero-order chi connectivity index (χ0) is 22.9. The van der Waals surface area contributed by atoms with Crippen LogP contribution in [0, 0.1) is 5.92 Å². The van der Waals surface area contributed by atoms with Crippen molar-refractivity contribution in [2.75, 3.05) is 6.61 Å². The topological polar surface area (TPSA) is 73.2 Å². The monoisotopic (exact) mass is 489 g/mol. The van der Waals surface area contributed by atoms with Crippen molar-refractivity contribution in [1.82, 2.24) is 14.9 Å². The number of fused-ring (bicyclic) bond motifs is 3. The fraction of sp³-hybridized carbons (Fsp3) is 0.720. The Morgan fingerprint density at radius 2 is 2.06 bits per heavy atom. The van der Waals surface area contributed by atoms with Crippen LogP contribution in [0.3, 0.4) is 0 Å². The molecule has 0 spiro atoms. The van der Waals surface area contributed by atoms with E-state index in [0.29, 0.717) is 17.6 Å². The van der Waals surface area contributed by atoms with Gasteiger partial charge in [-0.05, 0) is 63.4 Å². The summed E-state index contributed by atoms with van der Waals surface area (Å²) in [7, 11) is 0. The lowest BCUT2D eigenvalue weighted by atomic mass is 9.89. The summed E-state index contributed by atoms with van der Waals surface area (Å²) in [6.45, 7) is 5.48. The Kier molecular flexibility index (Phi) is 7.14. The number of thiophene rings is 1. The Balaban J connectivity index is 1.45. The van der Waals surface area contributed by atoms with E-state index in [-0.39, 0.29) is 28.9 Å². The van der Waals surface area contributed by atoms with Gasteiger partial charge in [0.15, 0.2) is 5.16 Å². The van der Waals surface area contributed by atoms with Crippen molar-refractivity contribution < 1.29 is 9.53 Å². The number of amides is 1. The van der Waals surface area contributed by atoms with Gasteiger partial charge < -0.3 is 10.1 Å². The number of nitrogens with one attached hydrogen (secondary N) is 1. The van der Waals surface area contributed by atoms with Crippen LogP contribution in [-0.2, 0) is 28.9 Å². The molecular weight excluding hydrogens is 454 g/mol. The van der Waals surface area contributed by atoms with Crippen LogP contribution in [0.15, 0.2) is 9.95 Å². The van der Waals surface area contributed by atoms with Gasteiger partial charge in [-0.2, -0.15) is 0 Å². The molecule has 3 atom stereocenters. The predicted octanol–water partition coefficient (Wildman–Crippen LogP) is 4.69. The smallest absolute Gasteiger partial charge is 0.263 e. The van der Waals surface area contributed by atoms with E-state index in [4.69, 9.17) is 9.72 Å². The standard InChI is InChI=1S/C25H35N3O3S2/c1-15-10-11-19-20(13-15)33-23-21(19)24(30)28(14-18-9-6-12-31-18)25(27-23)32-16(2)22(29)26-17-7-4-3-5-8-17/h15-18H,3-14H2,1-2H3,(H,26,29). The van der Waals surface area contributed by atoms with Crippen LogP contribution in [0.4, 0.5) is 0 Å². The van der Waals surface area contributed by atoms with Crippen molar-refractivity contribution in [2.45, 2.75) is 107 Å². The average molecular weight is 490 g/mol. The Morgan fingerprint density at radius 1 is 1.24 bits per heavy atom. The van der Waals surface area contributed by atoms with Crippen molar-refractivity contribution in [3.05, 3.63) is 20.8 Å². The molecule has 1 saturated heterocycles. The van der Waals surface area contributed by atoms with Crippen molar-refractivity contribution >= 4 is 39.2 Å². The molecule has 180 valence electrons. The number of hydrogen-bond donors (Lipinski definition) is 1. The number of aryl methyl sites for hydroxylation is 1. The molecule has 2 aliphatic carbocycles. The lowest BCUT2D eigenvalue weighted by Crippen LogP contribution is -2.40. The minimum atomic E-state index is -0.304. The number of hydrogen-bond acceptors (Lipinski definition) is 6. The van der Waals surface area contributed by atoms with Crippen LogP contribution in [0.5, 0.6) is 0 Å². The lowest BCUT2D eigenvalue weighted by Gasteiger charge is -2.24. The molecule has 3 unspecified atom stereocenters. The van der Waals surface area contributed by atoms with E-state index in [1.54, 1.807) is 15.9 Å². The number of rotatable bonds is 6. The van der Waals surface area contributed by atoms with Crippen molar-refractivity contribution in [3.63, 3.8) is 0 Å². The molecule has 3 heterocycles. The summed E-state index contributed by atoms with van der Waals surface area (Å²) in [5, 5.41) is 4.39. The van der Waals surface area contributed by atoms with E-state index in [1.807, 2.05) is 6.92 Å². The highest BCUT2D eigenvalue weighted by Gasteiger charge is 2.28. The van der Waals surface area contributed by atoms with Crippen LogP contribution in [0.2, 0.25) is 0 Å². The van der Waals surface area contributed by atoms with Crippen molar-refractivity contribution in [1.29, 1.82) is 0 Å². The summed E-state index contributed by atoms with van der Waals surface area (Å²) in [4.78, 5) is 33.9. The molecule has 33 heavy (non-hydrogen) atoms. The van der Waals surface area contributed by atoms with Gasteiger partial charge in [0.2, 0.25) is 5.91 Å². The normalized spacial score (nSPS) is 24.7. The highest BCUT2D eigenvalue weighted by Crippen LogP contribution is 2.37. The summed E-state index contributed by atoms with van der Waals surface area (Å²) in [5.41, 5.74) is 1.26. The van der Waals surface area contributed by atoms with Gasteiger partial charge in [0, 0.05) is 17.5 Å². The van der Waals surface area contributed by atoms with Crippen LogP contribution in [-0.4, -0.2) is 39.5 Å². The molecule has 1 saturated carbocycles. The molecule has 0 aromatic carbocycles. The molecule has 0 radical (unpaired) electrons. The third-order valence-corrected chi connectivity index (χ3v) is 9.63. The number of carbonyl (C=O) groups excluding carboxylic acids is 1. The maximum atomic E-state index is 13.8. The molecule has 0 bridgehead atoms. The predicted molar refractivity (Wildman–Crippen MR) is 134 cm³/mol. The Morgan fingerprint density at radius 3 is 2.82 bits per heavy atom. The Hall–Kier alpha value is -1.38. The first kappa shape index (κ1) is 23.4. The summed E-state index contributed by atoms with van der Waals surface area (Å²) < 4.78 is 7.67. The number of thioether (sulfide) groups is 1. The van der Waals surface area contributed by atoms with E-state index >= 15 is 0 Å². The van der Waals surface area contributed by atoms with Crippen molar-refractivity contribution in [3.8, 4) is 0 Å². The van der Waals surface area contributed by atoms with Gasteiger partial charge in [-0.25, -0.2) is 4.98 Å². The van der Waals surface area contributed by atoms with Gasteiger partial charge in [-0.1, -0.05) is 37.9 Å². The quantitative estimate of drug-likeness (QED) is 0.471. The van der Waals surface area contributed by atoms with Crippen LogP contribution in [0.25, 0.3) is 10.2 Å². The second-order valence-corrected chi connectivity index (χ2v) is 12.5. The summed E-state index contributed by atoms with van der Waals surface area (Å²) in [5.74, 6) is 0.696. The van der Waals surface area contributed by atoms with Crippen LogP contribution < -0.4 is 10.9 Å². The largest absolute Gasteiger partial charge is 0.376 e. The van der Waals surface area contributed by atoms with E-state index in [0.717, 1.165) is 61.8 Å². The van der Waals surface area contributed by atoms with Gasteiger partial charge in [-0.15, -0.1) is 11.3 Å². The first-order chi connectivity index (χ1) is 16.0. The van der Waals surface area contributed by atoms with Gasteiger partial charge in [-0.3, -0.25) is 14.2 Å². The molecule has 5 rings (SSSR count). The lowest BCUT2D eigenvalue weighted by molar-refractivity contribution is -0.121. The average Bonchev–Trinajstić information content (AvgIpc) is 3.44. The van der Waals surface area contributed by atoms with E-state index in [9.17, 15) is 9.59 Å². The molecular formula is C25H35N3O3S2. The Bertz CT molecular complexity index is 1070. The van der Waals surface area contributed by atoms with E-state index in [2.05, 4.69) is 12.2 Å². The summed E-state index contributed by atoms with van der Waals surface area (Å²) in [6.07, 6.45) is 10.9. The first-order valence-corrected chi connectivity index (χ1v) is 14.3. The fourth-order valence-corrected chi connectivity index (χ4v) is 7.78. The maximum absolute atomic E-state index is 13.8. The molecule has 2 fully saturated rings. The van der Waals surface area contributed by atoms with Crippen LogP contribution in [0.1, 0.15) is 75.7 Å². The molecule has 1 aliphatic heterocycles. The molecule has 2 aromatic rings. The van der Waals surface area contributed by atoms with Gasteiger partial charge in [0.05, 0.1) is 23.3 Å².